The first-order valence-electron chi connectivity index (χ1n) is 9.77. The van der Waals surface area contributed by atoms with Crippen LogP contribution in [0, 0.1) is 17.5 Å². The van der Waals surface area contributed by atoms with Crippen LogP contribution < -0.4 is 4.74 Å². The Morgan fingerprint density at radius 1 is 1.00 bits per heavy atom. The van der Waals surface area contributed by atoms with Gasteiger partial charge in [-0.2, -0.15) is 8.78 Å². The van der Waals surface area contributed by atoms with Crippen LogP contribution in [0.4, 0.5) is 22.0 Å². The molecule has 1 saturated carbocycles. The van der Waals surface area contributed by atoms with E-state index in [1.807, 2.05) is 0 Å². The van der Waals surface area contributed by atoms with Crippen molar-refractivity contribution in [3.05, 3.63) is 77.1 Å². The SMILES string of the molecule is C=CCCc1ccc(C(F)(F)Oc2cc(F)c(F)c(F)c2)c(C2CCCCC2)c1. The Hall–Kier alpha value is -2.37. The van der Waals surface area contributed by atoms with Crippen LogP contribution in [0.5, 0.6) is 5.75 Å². The smallest absolute Gasteiger partial charge is 0.426 e. The van der Waals surface area contributed by atoms with E-state index in [0.29, 0.717) is 24.1 Å². The van der Waals surface area contributed by atoms with E-state index < -0.39 is 29.3 Å². The Morgan fingerprint density at radius 2 is 1.66 bits per heavy atom. The van der Waals surface area contributed by atoms with Crippen molar-refractivity contribution >= 4 is 0 Å². The summed E-state index contributed by atoms with van der Waals surface area (Å²) in [5.74, 6) is -5.68. The highest BCUT2D eigenvalue weighted by Crippen LogP contribution is 2.41. The van der Waals surface area contributed by atoms with Gasteiger partial charge in [-0.1, -0.05) is 37.5 Å². The molecule has 2 aromatic carbocycles. The first-order chi connectivity index (χ1) is 13.8. The summed E-state index contributed by atoms with van der Waals surface area (Å²) in [6.07, 6.45) is 3.95. The van der Waals surface area contributed by atoms with Crippen LogP contribution in [-0.4, -0.2) is 0 Å². The average molecular weight is 410 g/mol. The van der Waals surface area contributed by atoms with E-state index in [9.17, 15) is 13.2 Å². The van der Waals surface area contributed by atoms with Gasteiger partial charge in [0.15, 0.2) is 17.5 Å². The molecule has 1 aliphatic carbocycles. The molecule has 0 heterocycles. The number of hydrogen-bond donors (Lipinski definition) is 0. The minimum Gasteiger partial charge on any atom is -0.429 e. The molecule has 29 heavy (non-hydrogen) atoms. The average Bonchev–Trinajstić information content (AvgIpc) is 2.70. The predicted octanol–water partition coefficient (Wildman–Crippen LogP) is 7.40. The summed E-state index contributed by atoms with van der Waals surface area (Å²) in [4.78, 5) is 0. The monoisotopic (exact) mass is 410 g/mol. The van der Waals surface area contributed by atoms with Crippen molar-refractivity contribution in [2.45, 2.75) is 57.0 Å². The molecule has 6 heteroatoms. The van der Waals surface area contributed by atoms with Crippen molar-refractivity contribution in [1.29, 1.82) is 0 Å². The summed E-state index contributed by atoms with van der Waals surface area (Å²) in [5, 5.41) is 0. The molecule has 1 aliphatic rings. The zero-order chi connectivity index (χ0) is 21.0. The fourth-order valence-electron chi connectivity index (χ4n) is 3.85. The molecule has 1 fully saturated rings. The zero-order valence-electron chi connectivity index (χ0n) is 16.0. The number of aryl methyl sites for hydroxylation is 1. The molecule has 0 saturated heterocycles. The topological polar surface area (TPSA) is 9.23 Å². The quantitative estimate of drug-likeness (QED) is 0.263. The summed E-state index contributed by atoms with van der Waals surface area (Å²) in [6, 6.07) is 5.54. The third-order valence-corrected chi connectivity index (χ3v) is 5.32. The Kier molecular flexibility index (Phi) is 6.60. The second-order valence-electron chi connectivity index (χ2n) is 7.40. The van der Waals surface area contributed by atoms with Crippen molar-refractivity contribution < 1.29 is 26.7 Å². The van der Waals surface area contributed by atoms with Crippen LogP contribution in [0.1, 0.15) is 61.1 Å². The first-order valence-corrected chi connectivity index (χ1v) is 9.77. The Labute approximate surface area is 167 Å². The van der Waals surface area contributed by atoms with Crippen LogP contribution in [0.2, 0.25) is 0 Å². The van der Waals surface area contributed by atoms with Crippen LogP contribution in [0.3, 0.4) is 0 Å². The Balaban J connectivity index is 1.96. The minimum absolute atomic E-state index is 0.0291. The third kappa shape index (κ3) is 4.98. The second kappa shape index (κ2) is 8.97. The normalized spacial score (nSPS) is 15.3. The summed E-state index contributed by atoms with van der Waals surface area (Å²) < 4.78 is 74.7. The third-order valence-electron chi connectivity index (χ3n) is 5.32. The summed E-state index contributed by atoms with van der Waals surface area (Å²) in [6.45, 7) is 3.68. The molecule has 0 bridgehead atoms. The van der Waals surface area contributed by atoms with Gasteiger partial charge in [0, 0.05) is 12.1 Å². The van der Waals surface area contributed by atoms with Gasteiger partial charge in [0.2, 0.25) is 0 Å². The van der Waals surface area contributed by atoms with Crippen LogP contribution in [-0.2, 0) is 12.5 Å². The van der Waals surface area contributed by atoms with Crippen molar-refractivity contribution in [3.63, 3.8) is 0 Å². The molecule has 0 radical (unpaired) electrons. The lowest BCUT2D eigenvalue weighted by molar-refractivity contribution is -0.186. The van der Waals surface area contributed by atoms with Crippen molar-refractivity contribution in [2.75, 3.05) is 0 Å². The van der Waals surface area contributed by atoms with Gasteiger partial charge < -0.3 is 4.74 Å². The van der Waals surface area contributed by atoms with Gasteiger partial charge in [0.1, 0.15) is 5.75 Å². The van der Waals surface area contributed by atoms with Gasteiger partial charge >= 0.3 is 6.11 Å². The van der Waals surface area contributed by atoms with E-state index in [4.69, 9.17) is 0 Å². The zero-order valence-corrected chi connectivity index (χ0v) is 16.0. The van der Waals surface area contributed by atoms with Gasteiger partial charge in [-0.15, -0.1) is 6.58 Å². The molecular weight excluding hydrogens is 387 g/mol. The molecule has 3 rings (SSSR count). The van der Waals surface area contributed by atoms with Crippen LogP contribution in [0.15, 0.2) is 43.0 Å². The number of rotatable bonds is 7. The van der Waals surface area contributed by atoms with E-state index >= 15 is 8.78 Å². The lowest BCUT2D eigenvalue weighted by Crippen LogP contribution is -2.25. The Bertz CT molecular complexity index is 849. The lowest BCUT2D eigenvalue weighted by Gasteiger charge is -2.28. The van der Waals surface area contributed by atoms with Crippen LogP contribution >= 0.6 is 0 Å². The highest BCUT2D eigenvalue weighted by molar-refractivity contribution is 5.38. The maximum atomic E-state index is 15.0. The molecule has 156 valence electrons. The molecule has 0 unspecified atom stereocenters. The second-order valence-corrected chi connectivity index (χ2v) is 7.40. The van der Waals surface area contributed by atoms with E-state index in [-0.39, 0.29) is 11.5 Å². The fourth-order valence-corrected chi connectivity index (χ4v) is 3.85. The van der Waals surface area contributed by atoms with Crippen LogP contribution in [0.25, 0.3) is 0 Å². The lowest BCUT2D eigenvalue weighted by atomic mass is 9.81. The molecule has 0 aromatic heterocycles. The number of allylic oxidation sites excluding steroid dienone is 1. The number of alkyl halides is 2. The highest BCUT2D eigenvalue weighted by atomic mass is 19.3. The number of halogens is 5. The maximum absolute atomic E-state index is 15.0. The van der Waals surface area contributed by atoms with Gasteiger partial charge in [-0.05, 0) is 48.8 Å². The summed E-state index contributed by atoms with van der Waals surface area (Å²) in [7, 11) is 0. The minimum atomic E-state index is -3.82. The van der Waals surface area contributed by atoms with E-state index in [1.54, 1.807) is 18.2 Å². The molecule has 0 spiro atoms. The van der Waals surface area contributed by atoms with E-state index in [1.165, 1.54) is 6.07 Å². The maximum Gasteiger partial charge on any atom is 0.426 e. The molecule has 0 amide bonds. The summed E-state index contributed by atoms with van der Waals surface area (Å²) >= 11 is 0. The van der Waals surface area contributed by atoms with E-state index in [2.05, 4.69) is 11.3 Å². The molecule has 0 aliphatic heterocycles. The highest BCUT2D eigenvalue weighted by Gasteiger charge is 2.39. The number of hydrogen-bond acceptors (Lipinski definition) is 1. The molecular formula is C23H23F5O. The summed E-state index contributed by atoms with van der Waals surface area (Å²) in [5.41, 5.74) is 1.10. The molecule has 0 atom stereocenters. The molecule has 2 aromatic rings. The number of ether oxygens (including phenoxy) is 1. The van der Waals surface area contributed by atoms with Gasteiger partial charge in [-0.3, -0.25) is 0 Å². The van der Waals surface area contributed by atoms with Gasteiger partial charge in [0.25, 0.3) is 0 Å². The van der Waals surface area contributed by atoms with E-state index in [0.717, 1.165) is 44.1 Å². The Morgan fingerprint density at radius 3 is 2.28 bits per heavy atom. The van der Waals surface area contributed by atoms with Crippen molar-refractivity contribution in [1.82, 2.24) is 0 Å². The first kappa shape index (κ1) is 21.3. The largest absolute Gasteiger partial charge is 0.429 e. The van der Waals surface area contributed by atoms with Gasteiger partial charge in [0.05, 0.1) is 5.56 Å². The van der Waals surface area contributed by atoms with Gasteiger partial charge in [-0.25, -0.2) is 13.2 Å². The fraction of sp³-hybridized carbons (Fsp3) is 0.391. The van der Waals surface area contributed by atoms with Crippen molar-refractivity contribution in [3.8, 4) is 5.75 Å². The molecule has 0 N–H and O–H groups in total. The predicted molar refractivity (Wildman–Crippen MR) is 102 cm³/mol. The standard InChI is InChI=1S/C23H23F5O/c1-2-3-7-15-10-11-19(18(12-15)16-8-5-4-6-9-16)23(27,28)29-17-13-20(24)22(26)21(25)14-17/h2,10-14,16H,1,3-9H2. The molecule has 1 nitrogen and oxygen atoms in total. The number of benzene rings is 2. The van der Waals surface area contributed by atoms with Crippen molar-refractivity contribution in [2.24, 2.45) is 0 Å².